The van der Waals surface area contributed by atoms with E-state index < -0.39 is 13.9 Å². The van der Waals surface area contributed by atoms with E-state index in [1.165, 1.54) is 12.5 Å². The Morgan fingerprint density at radius 1 is 1.33 bits per heavy atom. The van der Waals surface area contributed by atoms with E-state index in [-0.39, 0.29) is 17.5 Å². The number of halogens is 1. The van der Waals surface area contributed by atoms with Crippen LogP contribution in [0.4, 0.5) is 0 Å². The van der Waals surface area contributed by atoms with Crippen molar-refractivity contribution in [2.24, 2.45) is 5.41 Å². The fourth-order valence-electron chi connectivity index (χ4n) is 3.48. The van der Waals surface area contributed by atoms with Crippen molar-refractivity contribution in [3.63, 3.8) is 0 Å². The number of ether oxygens (including phenoxy) is 1. The lowest BCUT2D eigenvalue weighted by Crippen LogP contribution is -2.52. The van der Waals surface area contributed by atoms with Gasteiger partial charge in [0.1, 0.15) is 6.10 Å². The smallest absolute Gasteiger partial charge is 0.302 e. The summed E-state index contributed by atoms with van der Waals surface area (Å²) in [7, 11) is -1.74. The Morgan fingerprint density at radius 2 is 1.90 bits per heavy atom. The van der Waals surface area contributed by atoms with E-state index in [0.29, 0.717) is 6.42 Å². The molecule has 0 aromatic rings. The monoisotopic (exact) mass is 422 g/mol. The molecule has 0 amide bonds. The van der Waals surface area contributed by atoms with Crippen molar-refractivity contribution in [2.75, 3.05) is 0 Å². The molecule has 0 unspecified atom stereocenters. The Hall–Kier alpha value is -0.103. The zero-order valence-electron chi connectivity index (χ0n) is 14.2. The number of hydrogen-bond acceptors (Lipinski definition) is 3. The van der Waals surface area contributed by atoms with Gasteiger partial charge in [0.15, 0.2) is 8.32 Å². The molecular formula is C16H27IO3Si. The molecule has 0 bridgehead atoms. The largest absolute Gasteiger partial charge is 0.462 e. The molecule has 0 N–H and O–H groups in total. The SMILES string of the molecule is CC(=O)O[C@H]1CC(C)(C)C(=C=CI)[C@](C)(O[Si](C)(C)C)C1. The number of esters is 1. The van der Waals surface area contributed by atoms with Gasteiger partial charge in [-0.15, -0.1) is 5.73 Å². The Morgan fingerprint density at radius 3 is 2.33 bits per heavy atom. The molecule has 1 fully saturated rings. The fourth-order valence-corrected chi connectivity index (χ4v) is 5.33. The molecule has 1 saturated carbocycles. The first-order valence-electron chi connectivity index (χ1n) is 7.33. The van der Waals surface area contributed by atoms with Crippen molar-refractivity contribution >= 4 is 36.9 Å². The first-order chi connectivity index (χ1) is 9.39. The Balaban J connectivity index is 3.25. The van der Waals surface area contributed by atoms with Gasteiger partial charge in [0.25, 0.3) is 0 Å². The zero-order chi connectivity index (χ0) is 16.5. The van der Waals surface area contributed by atoms with E-state index in [4.69, 9.17) is 9.16 Å². The highest BCUT2D eigenvalue weighted by atomic mass is 127. The summed E-state index contributed by atoms with van der Waals surface area (Å²) < 4.78 is 13.9. The van der Waals surface area contributed by atoms with Gasteiger partial charge in [-0.2, -0.15) is 0 Å². The van der Waals surface area contributed by atoms with Crippen LogP contribution >= 0.6 is 22.6 Å². The average molecular weight is 422 g/mol. The summed E-state index contributed by atoms with van der Waals surface area (Å²) in [5, 5.41) is 0. The minimum Gasteiger partial charge on any atom is -0.462 e. The predicted octanol–water partition coefficient (Wildman–Crippen LogP) is 4.82. The maximum Gasteiger partial charge on any atom is 0.302 e. The van der Waals surface area contributed by atoms with Crippen LogP contribution in [0.5, 0.6) is 0 Å². The molecule has 1 aliphatic carbocycles. The van der Waals surface area contributed by atoms with Crippen LogP contribution in [0.15, 0.2) is 15.4 Å². The molecule has 0 radical (unpaired) electrons. The normalized spacial score (nSPS) is 28.8. The molecule has 120 valence electrons. The summed E-state index contributed by atoms with van der Waals surface area (Å²) in [5.74, 6) is -0.219. The van der Waals surface area contributed by atoms with E-state index in [1.54, 1.807) is 0 Å². The third-order valence-electron chi connectivity index (χ3n) is 3.62. The molecule has 21 heavy (non-hydrogen) atoms. The lowest BCUT2D eigenvalue weighted by Gasteiger charge is -2.49. The fraction of sp³-hybridized carbons (Fsp3) is 0.750. The third-order valence-corrected chi connectivity index (χ3v) is 5.00. The molecule has 0 aromatic carbocycles. The lowest BCUT2D eigenvalue weighted by molar-refractivity contribution is -0.152. The highest BCUT2D eigenvalue weighted by Gasteiger charge is 2.49. The molecule has 0 spiro atoms. The van der Waals surface area contributed by atoms with Crippen LogP contribution in [0.25, 0.3) is 0 Å². The molecule has 1 aliphatic rings. The topological polar surface area (TPSA) is 35.5 Å². The second-order valence-corrected chi connectivity index (χ2v) is 12.6. The molecule has 0 aromatic heterocycles. The van der Waals surface area contributed by atoms with E-state index in [9.17, 15) is 4.79 Å². The summed E-state index contributed by atoms with van der Waals surface area (Å²) in [6.45, 7) is 14.5. The van der Waals surface area contributed by atoms with Gasteiger partial charge in [-0.3, -0.25) is 4.79 Å². The standard InChI is InChI=1S/C16H27IO3Si/c1-12(18)19-13-10-15(2,3)14(8-9-17)16(4,11-13)20-21(5,6)7/h9,13H,10-11H2,1-7H3/t8?,13-,16+/m0/s1. The molecule has 0 saturated heterocycles. The first kappa shape index (κ1) is 18.9. The molecule has 2 atom stereocenters. The van der Waals surface area contributed by atoms with Crippen molar-refractivity contribution in [1.82, 2.24) is 0 Å². The molecule has 5 heteroatoms. The van der Waals surface area contributed by atoms with E-state index in [1.807, 2.05) is 4.08 Å². The molecule has 0 heterocycles. The molecule has 1 rings (SSSR count). The summed E-state index contributed by atoms with van der Waals surface area (Å²) >= 11 is 2.20. The van der Waals surface area contributed by atoms with Crippen molar-refractivity contribution < 1.29 is 14.0 Å². The van der Waals surface area contributed by atoms with Gasteiger partial charge in [-0.25, -0.2) is 0 Å². The minimum atomic E-state index is -1.74. The van der Waals surface area contributed by atoms with Crippen LogP contribution in [0.2, 0.25) is 19.6 Å². The number of hydrogen-bond donors (Lipinski definition) is 0. The second kappa shape index (κ2) is 6.57. The number of carbonyl (C=O) groups excluding carboxylic acids is 1. The van der Waals surface area contributed by atoms with Crippen LogP contribution < -0.4 is 0 Å². The van der Waals surface area contributed by atoms with Gasteiger partial charge in [0.05, 0.1) is 5.60 Å². The van der Waals surface area contributed by atoms with Crippen LogP contribution in [-0.4, -0.2) is 26.0 Å². The summed E-state index contributed by atoms with van der Waals surface area (Å²) in [5.41, 5.74) is 4.05. The zero-order valence-corrected chi connectivity index (χ0v) is 17.3. The van der Waals surface area contributed by atoms with Gasteiger partial charge in [0, 0.05) is 23.0 Å². The lowest BCUT2D eigenvalue weighted by atomic mass is 9.65. The third kappa shape index (κ3) is 5.23. The van der Waals surface area contributed by atoms with Gasteiger partial charge in [-0.1, -0.05) is 13.8 Å². The maximum absolute atomic E-state index is 11.3. The second-order valence-electron chi connectivity index (χ2n) is 7.60. The van der Waals surface area contributed by atoms with Crippen molar-refractivity contribution in [2.45, 2.75) is 71.9 Å². The highest BCUT2D eigenvalue weighted by molar-refractivity contribution is 14.1. The summed E-state index contributed by atoms with van der Waals surface area (Å²) in [6.07, 6.45) is 1.41. The van der Waals surface area contributed by atoms with Crippen LogP contribution in [0, 0.1) is 5.41 Å². The van der Waals surface area contributed by atoms with Crippen molar-refractivity contribution in [3.05, 3.63) is 15.4 Å². The number of carbonyl (C=O) groups is 1. The van der Waals surface area contributed by atoms with Crippen molar-refractivity contribution in [3.8, 4) is 0 Å². The first-order valence-corrected chi connectivity index (χ1v) is 12.0. The molecule has 0 aliphatic heterocycles. The highest BCUT2D eigenvalue weighted by Crippen LogP contribution is 2.49. The average Bonchev–Trinajstić information content (AvgIpc) is 2.18. The molecule has 3 nitrogen and oxygen atoms in total. The van der Waals surface area contributed by atoms with E-state index >= 15 is 0 Å². The quantitative estimate of drug-likeness (QED) is 0.283. The molecular weight excluding hydrogens is 395 g/mol. The minimum absolute atomic E-state index is 0.0985. The van der Waals surface area contributed by atoms with E-state index in [0.717, 1.165) is 6.42 Å². The van der Waals surface area contributed by atoms with Gasteiger partial charge in [0.2, 0.25) is 0 Å². The van der Waals surface area contributed by atoms with Crippen LogP contribution in [0.1, 0.15) is 40.5 Å². The van der Waals surface area contributed by atoms with E-state index in [2.05, 4.69) is 68.7 Å². The van der Waals surface area contributed by atoms with Crippen LogP contribution in [-0.2, 0) is 14.0 Å². The van der Waals surface area contributed by atoms with Crippen LogP contribution in [0.3, 0.4) is 0 Å². The summed E-state index contributed by atoms with van der Waals surface area (Å²) in [6, 6.07) is 0. The Kier molecular flexibility index (Phi) is 5.92. The number of rotatable bonds is 3. The maximum atomic E-state index is 11.3. The van der Waals surface area contributed by atoms with Crippen molar-refractivity contribution in [1.29, 1.82) is 0 Å². The van der Waals surface area contributed by atoms with Gasteiger partial charge >= 0.3 is 5.97 Å². The Bertz CT molecular complexity index is 472. The summed E-state index contributed by atoms with van der Waals surface area (Å²) in [4.78, 5) is 11.3. The predicted molar refractivity (Wildman–Crippen MR) is 97.0 cm³/mol. The Labute approximate surface area is 143 Å². The van der Waals surface area contributed by atoms with Gasteiger partial charge < -0.3 is 9.16 Å². The van der Waals surface area contributed by atoms with Gasteiger partial charge in [-0.05, 0) is 61.0 Å².